The fraction of sp³-hybridized carbons (Fsp3) is 0.222. The highest BCUT2D eigenvalue weighted by Gasteiger charge is 2.16. The van der Waals surface area contributed by atoms with Crippen molar-refractivity contribution in [3.8, 4) is 0 Å². The molecule has 0 radical (unpaired) electrons. The quantitative estimate of drug-likeness (QED) is 0.756. The molecule has 1 heterocycles. The molecule has 0 bridgehead atoms. The van der Waals surface area contributed by atoms with Crippen LogP contribution >= 0.6 is 0 Å². The van der Waals surface area contributed by atoms with E-state index in [1.54, 1.807) is 6.26 Å². The summed E-state index contributed by atoms with van der Waals surface area (Å²) in [6, 6.07) is 15.9. The molecule has 0 aliphatic rings. The number of furan rings is 1. The molecule has 3 aromatic rings. The molecule has 1 N–H and O–H groups in total. The minimum absolute atomic E-state index is 0.643. The van der Waals surface area contributed by atoms with E-state index >= 15 is 0 Å². The van der Waals surface area contributed by atoms with Crippen LogP contribution in [0.15, 0.2) is 59.2 Å². The molecule has 0 aliphatic carbocycles. The molecule has 20 heavy (non-hydrogen) atoms. The number of aryl methyl sites for hydroxylation is 1. The minimum Gasteiger partial charge on any atom is -0.464 e. The monoisotopic (exact) mass is 266 g/mol. The van der Waals surface area contributed by atoms with E-state index in [4.69, 9.17) is 4.42 Å². The smallest absolute Gasteiger partial charge is 0.134 e. The van der Waals surface area contributed by atoms with Crippen LogP contribution in [0.5, 0.6) is 0 Å². The Labute approximate surface area is 118 Å². The molecule has 0 amide bonds. The summed E-state index contributed by atoms with van der Waals surface area (Å²) in [5, 5.41) is 11.6. The molecular formula is C18H18O2. The van der Waals surface area contributed by atoms with Gasteiger partial charge >= 0.3 is 0 Å². The molecule has 1 aromatic heterocycles. The predicted octanol–water partition coefficient (Wildman–Crippen LogP) is 4.47. The number of benzene rings is 2. The summed E-state index contributed by atoms with van der Waals surface area (Å²) in [5.74, 6) is 0. The normalized spacial score (nSPS) is 12.7. The van der Waals surface area contributed by atoms with E-state index in [1.807, 2.05) is 36.4 Å². The van der Waals surface area contributed by atoms with Gasteiger partial charge in [0.1, 0.15) is 11.7 Å². The van der Waals surface area contributed by atoms with Crippen molar-refractivity contribution in [3.05, 3.63) is 71.5 Å². The highest BCUT2D eigenvalue weighted by atomic mass is 16.3. The van der Waals surface area contributed by atoms with Crippen molar-refractivity contribution in [1.82, 2.24) is 0 Å². The van der Waals surface area contributed by atoms with Crippen LogP contribution in [0.4, 0.5) is 0 Å². The van der Waals surface area contributed by atoms with E-state index in [-0.39, 0.29) is 0 Å². The maximum Gasteiger partial charge on any atom is 0.134 e. The number of aliphatic hydroxyl groups is 1. The third-order valence-electron chi connectivity index (χ3n) is 3.61. The van der Waals surface area contributed by atoms with Crippen LogP contribution in [0.2, 0.25) is 0 Å². The van der Waals surface area contributed by atoms with Gasteiger partial charge in [0.2, 0.25) is 0 Å². The molecule has 1 atom stereocenters. The van der Waals surface area contributed by atoms with E-state index < -0.39 is 6.10 Å². The van der Waals surface area contributed by atoms with Gasteiger partial charge in [0.05, 0.1) is 6.26 Å². The van der Waals surface area contributed by atoms with Crippen molar-refractivity contribution in [1.29, 1.82) is 0 Å². The maximum absolute atomic E-state index is 10.6. The van der Waals surface area contributed by atoms with Crippen molar-refractivity contribution in [3.63, 3.8) is 0 Å². The molecule has 0 saturated heterocycles. The van der Waals surface area contributed by atoms with Crippen molar-refractivity contribution in [2.75, 3.05) is 0 Å². The van der Waals surface area contributed by atoms with Gasteiger partial charge in [-0.05, 0) is 23.6 Å². The number of hydrogen-bond acceptors (Lipinski definition) is 2. The Morgan fingerprint density at radius 1 is 1.10 bits per heavy atom. The van der Waals surface area contributed by atoms with Gasteiger partial charge in [-0.2, -0.15) is 0 Å². The minimum atomic E-state index is -0.643. The zero-order chi connectivity index (χ0) is 13.9. The van der Waals surface area contributed by atoms with Gasteiger partial charge in [-0.1, -0.05) is 55.8 Å². The molecule has 3 rings (SSSR count). The van der Waals surface area contributed by atoms with Crippen LogP contribution in [0, 0.1) is 0 Å². The lowest BCUT2D eigenvalue weighted by molar-refractivity contribution is 0.220. The number of para-hydroxylation sites is 1. The van der Waals surface area contributed by atoms with Gasteiger partial charge in [0.15, 0.2) is 0 Å². The number of hydrogen-bond donors (Lipinski definition) is 1. The fourth-order valence-electron chi connectivity index (χ4n) is 2.60. The van der Waals surface area contributed by atoms with Gasteiger partial charge in [0, 0.05) is 10.9 Å². The molecule has 0 aliphatic heterocycles. The second kappa shape index (κ2) is 5.51. The number of fused-ring (bicyclic) bond motifs is 1. The summed E-state index contributed by atoms with van der Waals surface area (Å²) in [4.78, 5) is 0. The Morgan fingerprint density at radius 2 is 1.95 bits per heavy atom. The van der Waals surface area contributed by atoms with Crippen LogP contribution in [-0.2, 0) is 6.42 Å². The van der Waals surface area contributed by atoms with E-state index in [1.165, 1.54) is 5.56 Å². The van der Waals surface area contributed by atoms with Crippen LogP contribution in [0.1, 0.15) is 36.1 Å². The lowest BCUT2D eigenvalue weighted by atomic mass is 9.98. The van der Waals surface area contributed by atoms with Crippen LogP contribution in [0.3, 0.4) is 0 Å². The van der Waals surface area contributed by atoms with Gasteiger partial charge in [0.25, 0.3) is 0 Å². The van der Waals surface area contributed by atoms with Gasteiger partial charge in [-0.25, -0.2) is 0 Å². The molecule has 2 aromatic carbocycles. The van der Waals surface area contributed by atoms with Crippen molar-refractivity contribution in [2.24, 2.45) is 0 Å². The van der Waals surface area contributed by atoms with Gasteiger partial charge in [-0.15, -0.1) is 0 Å². The predicted molar refractivity (Wildman–Crippen MR) is 80.7 cm³/mol. The number of rotatable bonds is 4. The Hall–Kier alpha value is -2.06. The number of aliphatic hydroxyl groups excluding tert-OH is 1. The first-order chi connectivity index (χ1) is 9.79. The largest absolute Gasteiger partial charge is 0.464 e. The maximum atomic E-state index is 10.6. The molecule has 0 spiro atoms. The highest BCUT2D eigenvalue weighted by Crippen LogP contribution is 2.30. The first-order valence-electron chi connectivity index (χ1n) is 7.02. The summed E-state index contributed by atoms with van der Waals surface area (Å²) >= 11 is 0. The molecular weight excluding hydrogens is 248 g/mol. The first kappa shape index (κ1) is 12.9. The summed E-state index contributed by atoms with van der Waals surface area (Å²) in [6.45, 7) is 2.16. The Kier molecular flexibility index (Phi) is 3.57. The van der Waals surface area contributed by atoms with Gasteiger partial charge in [-0.3, -0.25) is 0 Å². The molecule has 102 valence electrons. The highest BCUT2D eigenvalue weighted by molar-refractivity contribution is 5.81. The average Bonchev–Trinajstić information content (AvgIpc) is 2.91. The zero-order valence-corrected chi connectivity index (χ0v) is 11.5. The molecule has 2 heteroatoms. The van der Waals surface area contributed by atoms with Gasteiger partial charge < -0.3 is 9.52 Å². The zero-order valence-electron chi connectivity index (χ0n) is 11.5. The lowest BCUT2D eigenvalue weighted by Crippen LogP contribution is -1.99. The van der Waals surface area contributed by atoms with Crippen molar-refractivity contribution < 1.29 is 9.52 Å². The van der Waals surface area contributed by atoms with E-state index in [0.717, 1.165) is 34.9 Å². The van der Waals surface area contributed by atoms with E-state index in [9.17, 15) is 5.11 Å². The Morgan fingerprint density at radius 3 is 2.80 bits per heavy atom. The van der Waals surface area contributed by atoms with E-state index in [0.29, 0.717) is 0 Å². The fourth-order valence-corrected chi connectivity index (χ4v) is 2.60. The van der Waals surface area contributed by atoms with Crippen LogP contribution in [-0.4, -0.2) is 5.11 Å². The second-order valence-electron chi connectivity index (χ2n) is 5.08. The third kappa shape index (κ3) is 2.35. The lowest BCUT2D eigenvalue weighted by Gasteiger charge is -2.11. The second-order valence-corrected chi connectivity index (χ2v) is 5.08. The van der Waals surface area contributed by atoms with Crippen LogP contribution < -0.4 is 0 Å². The topological polar surface area (TPSA) is 33.4 Å². The first-order valence-corrected chi connectivity index (χ1v) is 7.02. The van der Waals surface area contributed by atoms with Crippen molar-refractivity contribution in [2.45, 2.75) is 25.9 Å². The van der Waals surface area contributed by atoms with Crippen LogP contribution in [0.25, 0.3) is 11.0 Å². The Balaban J connectivity index is 1.99. The molecule has 0 fully saturated rings. The van der Waals surface area contributed by atoms with E-state index in [2.05, 4.69) is 19.1 Å². The average molecular weight is 266 g/mol. The Bertz CT molecular complexity index is 712. The standard InChI is InChI=1S/C18H18O2/c1-2-6-13-7-5-8-14(11-13)18(19)16-12-20-17-10-4-3-9-15(16)17/h3-5,7-12,18-19H,2,6H2,1H3. The van der Waals surface area contributed by atoms with Crippen molar-refractivity contribution >= 4 is 11.0 Å². The third-order valence-corrected chi connectivity index (χ3v) is 3.61. The SMILES string of the molecule is CCCc1cccc(C(O)c2coc3ccccc23)c1. The summed E-state index contributed by atoms with van der Waals surface area (Å²) < 4.78 is 5.51. The summed E-state index contributed by atoms with van der Waals surface area (Å²) in [6.07, 6.45) is 3.15. The molecule has 1 unspecified atom stereocenters. The molecule has 2 nitrogen and oxygen atoms in total. The summed E-state index contributed by atoms with van der Waals surface area (Å²) in [5.41, 5.74) is 3.82. The summed E-state index contributed by atoms with van der Waals surface area (Å²) in [7, 11) is 0. The molecule has 0 saturated carbocycles.